The van der Waals surface area contributed by atoms with Gasteiger partial charge in [-0.25, -0.2) is 0 Å². The maximum Gasteiger partial charge on any atom is 0.243 e. The maximum absolute atomic E-state index is 12.3. The number of rotatable bonds is 1. The van der Waals surface area contributed by atoms with Gasteiger partial charge in [-0.1, -0.05) is 23.7 Å². The van der Waals surface area contributed by atoms with E-state index in [0.717, 1.165) is 5.56 Å². The van der Waals surface area contributed by atoms with Crippen LogP contribution in [0.5, 0.6) is 0 Å². The number of hydrogen-bond donors (Lipinski definition) is 2. The van der Waals surface area contributed by atoms with Gasteiger partial charge in [0.25, 0.3) is 0 Å². The largest absolute Gasteiger partial charge is 0.336 e. The van der Waals surface area contributed by atoms with Crippen molar-refractivity contribution in [3.8, 4) is 0 Å². The van der Waals surface area contributed by atoms with Crippen molar-refractivity contribution in [3.05, 3.63) is 34.9 Å². The molecule has 2 saturated carbocycles. The Morgan fingerprint density at radius 1 is 1.44 bits per heavy atom. The van der Waals surface area contributed by atoms with Gasteiger partial charge in [-0.15, -0.1) is 0 Å². The van der Waals surface area contributed by atoms with Crippen molar-refractivity contribution in [1.29, 1.82) is 0 Å². The van der Waals surface area contributed by atoms with Gasteiger partial charge in [0, 0.05) is 9.13 Å². The van der Waals surface area contributed by atoms with E-state index in [-0.39, 0.29) is 11.8 Å². The molecule has 0 aromatic heterocycles. The summed E-state index contributed by atoms with van der Waals surface area (Å²) in [5.41, 5.74) is -0.372. The van der Waals surface area contributed by atoms with E-state index in [1.807, 2.05) is 0 Å². The lowest BCUT2D eigenvalue weighted by Gasteiger charge is -2.26. The molecule has 2 aliphatic carbocycles. The van der Waals surface area contributed by atoms with E-state index in [0.29, 0.717) is 17.9 Å². The van der Waals surface area contributed by atoms with Gasteiger partial charge in [0.05, 0.1) is 5.66 Å². The number of nitrogens with one attached hydrogen (secondary N) is 2. The maximum atomic E-state index is 12.3. The van der Waals surface area contributed by atoms with Crippen LogP contribution >= 0.6 is 11.6 Å². The highest BCUT2D eigenvalue weighted by Gasteiger charge is 2.58. The summed E-state index contributed by atoms with van der Waals surface area (Å²) in [5, 5.41) is 6.51. The minimum Gasteiger partial charge on any atom is -0.336 e. The van der Waals surface area contributed by atoms with Gasteiger partial charge in [-0.05, 0) is 48.7 Å². The van der Waals surface area contributed by atoms with Crippen LogP contribution in [0, 0.1) is 11.8 Å². The molecule has 1 spiro atoms. The lowest BCUT2D eigenvalue weighted by Crippen LogP contribution is -2.48. The monoisotopic (exact) mass is 265 g/mol. The summed E-state index contributed by atoms with van der Waals surface area (Å²) in [7, 11) is 0. The number of halogens is 1. The summed E-state index contributed by atoms with van der Waals surface area (Å²) in [6.07, 6.45) is -0.730. The van der Waals surface area contributed by atoms with Gasteiger partial charge in [0.15, 0.2) is 0 Å². The zero-order valence-corrected chi connectivity index (χ0v) is 10.4. The molecular formula is C14H15ClN2O. The molecule has 3 aliphatic rings. The first-order valence-electron chi connectivity index (χ1n) is 7.64. The van der Waals surface area contributed by atoms with Crippen molar-refractivity contribution in [2.24, 2.45) is 11.8 Å². The van der Waals surface area contributed by atoms with E-state index >= 15 is 0 Å². The predicted octanol–water partition coefficient (Wildman–Crippen LogP) is 2.23. The predicted molar refractivity (Wildman–Crippen MR) is 69.0 cm³/mol. The summed E-state index contributed by atoms with van der Waals surface area (Å²) >= 11 is 5.86. The quantitative estimate of drug-likeness (QED) is 0.818. The molecule has 3 nitrogen and oxygen atoms in total. The zero-order valence-electron chi connectivity index (χ0n) is 12.7. The molecule has 4 heteroatoms. The van der Waals surface area contributed by atoms with Crippen molar-refractivity contribution in [3.63, 3.8) is 0 Å². The van der Waals surface area contributed by atoms with Gasteiger partial charge in [-0.3, -0.25) is 10.1 Å². The van der Waals surface area contributed by atoms with Gasteiger partial charge >= 0.3 is 0 Å². The van der Waals surface area contributed by atoms with E-state index in [4.69, 9.17) is 15.7 Å². The van der Waals surface area contributed by atoms with E-state index < -0.39 is 24.0 Å². The first kappa shape index (κ1) is 8.18. The fourth-order valence-corrected chi connectivity index (χ4v) is 3.07. The van der Waals surface area contributed by atoms with Crippen LogP contribution in [0.1, 0.15) is 34.9 Å². The Bertz CT molecular complexity index is 638. The lowest BCUT2D eigenvalue weighted by atomic mass is 10.0. The number of hydrogen-bond acceptors (Lipinski definition) is 2. The molecule has 1 saturated heterocycles. The molecule has 1 amide bonds. The molecule has 3 fully saturated rings. The van der Waals surface area contributed by atoms with Crippen LogP contribution in [0.4, 0.5) is 0 Å². The number of carbonyl (C=O) groups is 1. The second-order valence-electron chi connectivity index (χ2n) is 5.28. The smallest absolute Gasteiger partial charge is 0.243 e. The van der Waals surface area contributed by atoms with Crippen LogP contribution in [-0.2, 0) is 4.79 Å². The van der Waals surface area contributed by atoms with Crippen molar-refractivity contribution in [2.45, 2.75) is 30.9 Å². The van der Waals surface area contributed by atoms with Gasteiger partial charge in [0.2, 0.25) is 5.91 Å². The first-order valence-corrected chi connectivity index (χ1v) is 6.52. The molecule has 1 aromatic carbocycles. The number of amides is 1. The molecule has 4 unspecified atom stereocenters. The third-order valence-corrected chi connectivity index (χ3v) is 4.17. The summed E-state index contributed by atoms with van der Waals surface area (Å²) in [5.74, 6) is -1.29. The first-order chi connectivity index (χ1) is 9.79. The highest BCUT2D eigenvalue weighted by Crippen LogP contribution is 2.56. The average Bonchev–Trinajstić information content (AvgIpc) is 2.89. The Balaban J connectivity index is 1.67. The van der Waals surface area contributed by atoms with Gasteiger partial charge in [-0.2, -0.15) is 0 Å². The molecule has 18 heavy (non-hydrogen) atoms. The van der Waals surface area contributed by atoms with Gasteiger partial charge in [0.1, 0.15) is 6.04 Å². The Kier molecular flexibility index (Phi) is 1.58. The van der Waals surface area contributed by atoms with Crippen LogP contribution in [0.3, 0.4) is 0 Å². The standard InChI is InChI=1S/C14H15ClN2O/c15-11-3-1-8(2-4-11)12-13(18)17-14(16-12)6-9-5-10(9)7-14/h1-4,9-10,12,16H,5-7H2,(H,17,18)/i6D2,9D. The van der Waals surface area contributed by atoms with Crippen LogP contribution in [0.2, 0.25) is 5.02 Å². The van der Waals surface area contributed by atoms with Crippen molar-refractivity contribution in [2.75, 3.05) is 0 Å². The Morgan fingerprint density at radius 2 is 2.22 bits per heavy atom. The normalized spacial score (nSPS) is 50.3. The second kappa shape index (κ2) is 3.49. The number of benzene rings is 1. The fourth-order valence-electron chi connectivity index (χ4n) is 2.95. The van der Waals surface area contributed by atoms with Crippen molar-refractivity contribution < 1.29 is 8.91 Å². The SMILES string of the molecule is [2H]C12CC1CC1(NC(=O)C(c3ccc(Cl)cc3)N1)C2([2H])[2H]. The van der Waals surface area contributed by atoms with Crippen molar-refractivity contribution in [1.82, 2.24) is 10.6 Å². The summed E-state index contributed by atoms with van der Waals surface area (Å²) in [4.78, 5) is 12.3. The van der Waals surface area contributed by atoms with Gasteiger partial charge < -0.3 is 5.32 Å². The lowest BCUT2D eigenvalue weighted by molar-refractivity contribution is -0.121. The third kappa shape index (κ3) is 1.57. The molecule has 4 rings (SSSR count). The topological polar surface area (TPSA) is 41.1 Å². The number of fused-ring (bicyclic) bond motifs is 1. The molecule has 1 aliphatic heterocycles. The molecule has 2 N–H and O–H groups in total. The Labute approximate surface area is 115 Å². The summed E-state index contributed by atoms with van der Waals surface area (Å²) < 4.78 is 24.9. The molecule has 4 atom stereocenters. The summed E-state index contributed by atoms with van der Waals surface area (Å²) in [6.45, 7) is 0. The Hall–Kier alpha value is -1.06. The highest BCUT2D eigenvalue weighted by atomic mass is 35.5. The molecule has 1 heterocycles. The Morgan fingerprint density at radius 3 is 2.89 bits per heavy atom. The van der Waals surface area contributed by atoms with E-state index in [1.54, 1.807) is 24.3 Å². The van der Waals surface area contributed by atoms with E-state index in [1.165, 1.54) is 0 Å². The molecule has 0 radical (unpaired) electrons. The molecular weight excluding hydrogens is 248 g/mol. The minimum atomic E-state index is -1.78. The third-order valence-electron chi connectivity index (χ3n) is 3.92. The van der Waals surface area contributed by atoms with E-state index in [2.05, 4.69) is 10.6 Å². The molecule has 0 bridgehead atoms. The van der Waals surface area contributed by atoms with Crippen LogP contribution in [0.15, 0.2) is 24.3 Å². The zero-order chi connectivity index (χ0) is 15.0. The number of carbonyl (C=O) groups excluding carboxylic acids is 1. The average molecular weight is 266 g/mol. The van der Waals surface area contributed by atoms with Crippen LogP contribution < -0.4 is 10.6 Å². The minimum absolute atomic E-state index is 0.0178. The second-order valence-corrected chi connectivity index (χ2v) is 5.72. The van der Waals surface area contributed by atoms with Crippen LogP contribution in [-0.4, -0.2) is 11.6 Å². The fraction of sp³-hybridized carbons (Fsp3) is 0.500. The summed E-state index contributed by atoms with van der Waals surface area (Å²) in [6, 6.07) is 6.35. The van der Waals surface area contributed by atoms with Crippen LogP contribution in [0.25, 0.3) is 0 Å². The molecule has 1 aromatic rings. The highest BCUT2D eigenvalue weighted by molar-refractivity contribution is 6.30. The van der Waals surface area contributed by atoms with E-state index in [9.17, 15) is 4.79 Å². The van der Waals surface area contributed by atoms with Crippen molar-refractivity contribution >= 4 is 17.5 Å². The molecule has 94 valence electrons.